The average Bonchev–Trinajstić information content (AvgIpc) is 3.25. The predicted octanol–water partition coefficient (Wildman–Crippen LogP) is 6.20. The molecule has 1 N–H and O–H groups in total. The zero-order chi connectivity index (χ0) is 28.7. The molecule has 39 heavy (non-hydrogen) atoms. The van der Waals surface area contributed by atoms with Gasteiger partial charge in [-0.1, -0.05) is 41.0 Å². The molecule has 0 amide bonds. The molecule has 0 aromatic rings. The molecule has 4 aliphatic rings. The Morgan fingerprint density at radius 3 is 2.41 bits per heavy atom. The minimum atomic E-state index is -0.628. The third kappa shape index (κ3) is 4.93. The van der Waals surface area contributed by atoms with Gasteiger partial charge in [-0.05, 0) is 92.3 Å². The number of hydrogen-bond donors (Lipinski definition) is 1. The highest BCUT2D eigenvalue weighted by atomic mass is 16.7. The maximum atomic E-state index is 14.5. The molecule has 0 saturated heterocycles. The van der Waals surface area contributed by atoms with Crippen molar-refractivity contribution in [3.8, 4) is 0 Å². The number of aliphatic hydroxyl groups excluding tert-OH is 1. The first-order chi connectivity index (χ1) is 18.5. The number of fused-ring (bicyclic) bond motifs is 5. The number of methoxy groups -OCH3 is 1. The molecule has 0 spiro atoms. The summed E-state index contributed by atoms with van der Waals surface area (Å²) in [5.41, 5.74) is -0.331. The Kier molecular flexibility index (Phi) is 9.10. The minimum absolute atomic E-state index is 0.0755. The van der Waals surface area contributed by atoms with Crippen molar-refractivity contribution in [1.29, 1.82) is 0 Å². The van der Waals surface area contributed by atoms with Gasteiger partial charge in [-0.2, -0.15) is 0 Å². The van der Waals surface area contributed by atoms with Crippen molar-refractivity contribution < 1.29 is 33.7 Å². The fraction of sp³-hybridized carbons (Fsp3) is 0.906. The van der Waals surface area contributed by atoms with E-state index in [2.05, 4.69) is 34.6 Å². The summed E-state index contributed by atoms with van der Waals surface area (Å²) in [6.45, 7) is 13.3. The quantitative estimate of drug-likeness (QED) is 0.361. The van der Waals surface area contributed by atoms with Crippen LogP contribution in [-0.2, 0) is 23.8 Å². The molecule has 0 aromatic carbocycles. The number of rotatable bonds is 8. The Hall–Kier alpha value is -1.63. The molecule has 0 aliphatic heterocycles. The minimum Gasteiger partial charge on any atom is -0.469 e. The molecule has 0 heterocycles. The van der Waals surface area contributed by atoms with E-state index in [-0.39, 0.29) is 65.0 Å². The SMILES string of the molecule is CCOC(=O)O[C@@H]1CC[C@]2(C)C3C(C(=O)[C@H](CC)[C@@H]2C1)C1CC[C@H]([C@H](C)CCC(=O)OC)[C@@]1(C)[C@@H](CC)C3O. The van der Waals surface area contributed by atoms with Crippen LogP contribution in [0.1, 0.15) is 99.3 Å². The van der Waals surface area contributed by atoms with Crippen LogP contribution in [-0.4, -0.2) is 48.9 Å². The summed E-state index contributed by atoms with van der Waals surface area (Å²) in [6, 6.07) is 0. The fourth-order valence-corrected chi connectivity index (χ4v) is 10.5. The number of ketones is 1. The summed E-state index contributed by atoms with van der Waals surface area (Å²) in [6.07, 6.45) is 5.66. The topological polar surface area (TPSA) is 99.1 Å². The van der Waals surface area contributed by atoms with Crippen molar-refractivity contribution in [1.82, 2.24) is 0 Å². The van der Waals surface area contributed by atoms with E-state index >= 15 is 0 Å². The molecule has 0 aromatic heterocycles. The first-order valence-electron chi connectivity index (χ1n) is 15.6. The van der Waals surface area contributed by atoms with Crippen LogP contribution < -0.4 is 0 Å². The molecule has 0 bridgehead atoms. The number of carbonyl (C=O) groups is 3. The van der Waals surface area contributed by atoms with Crippen LogP contribution in [0.25, 0.3) is 0 Å². The molecular weight excluding hydrogens is 496 g/mol. The van der Waals surface area contributed by atoms with Crippen molar-refractivity contribution in [3.05, 3.63) is 0 Å². The summed E-state index contributed by atoms with van der Waals surface area (Å²) in [5, 5.41) is 12.3. The van der Waals surface area contributed by atoms with E-state index in [0.29, 0.717) is 30.5 Å². The number of aliphatic hydroxyl groups is 1. The van der Waals surface area contributed by atoms with E-state index in [9.17, 15) is 19.5 Å². The third-order valence-corrected chi connectivity index (χ3v) is 12.2. The van der Waals surface area contributed by atoms with Crippen LogP contribution in [0.4, 0.5) is 4.79 Å². The molecule has 7 heteroatoms. The molecule has 4 saturated carbocycles. The van der Waals surface area contributed by atoms with Gasteiger partial charge < -0.3 is 19.3 Å². The summed E-state index contributed by atoms with van der Waals surface area (Å²) >= 11 is 0. The van der Waals surface area contributed by atoms with Crippen molar-refractivity contribution in [2.45, 2.75) is 112 Å². The maximum absolute atomic E-state index is 14.5. The predicted molar refractivity (Wildman–Crippen MR) is 148 cm³/mol. The van der Waals surface area contributed by atoms with Gasteiger partial charge in [0.15, 0.2) is 0 Å². The van der Waals surface area contributed by atoms with Crippen molar-refractivity contribution >= 4 is 17.9 Å². The van der Waals surface area contributed by atoms with Gasteiger partial charge in [0.05, 0.1) is 19.8 Å². The van der Waals surface area contributed by atoms with E-state index in [1.807, 2.05) is 0 Å². The molecular formula is C32H52O7. The zero-order valence-electron chi connectivity index (χ0n) is 25.2. The van der Waals surface area contributed by atoms with Crippen LogP contribution in [0.3, 0.4) is 0 Å². The van der Waals surface area contributed by atoms with E-state index in [0.717, 1.165) is 44.9 Å². The number of esters is 1. The summed E-state index contributed by atoms with van der Waals surface area (Å²) < 4.78 is 15.6. The lowest BCUT2D eigenvalue weighted by molar-refractivity contribution is -0.218. The number of Topliss-reactive ketones (excluding diaryl/α,β-unsaturated/α-hetero) is 1. The van der Waals surface area contributed by atoms with Crippen molar-refractivity contribution in [2.24, 2.45) is 58.2 Å². The van der Waals surface area contributed by atoms with Crippen LogP contribution in [0.15, 0.2) is 0 Å². The highest BCUT2D eigenvalue weighted by Crippen LogP contribution is 2.70. The van der Waals surface area contributed by atoms with E-state index in [1.165, 1.54) is 7.11 Å². The Bertz CT molecular complexity index is 918. The largest absolute Gasteiger partial charge is 0.508 e. The first kappa shape index (κ1) is 30.3. The normalized spacial score (nSPS) is 44.0. The Morgan fingerprint density at radius 1 is 1.08 bits per heavy atom. The number of hydrogen-bond acceptors (Lipinski definition) is 7. The zero-order valence-corrected chi connectivity index (χ0v) is 25.2. The van der Waals surface area contributed by atoms with Gasteiger partial charge in [0.1, 0.15) is 11.9 Å². The Morgan fingerprint density at radius 2 is 1.79 bits per heavy atom. The second-order valence-corrected chi connectivity index (χ2v) is 13.5. The average molecular weight is 549 g/mol. The molecule has 0 radical (unpaired) electrons. The monoisotopic (exact) mass is 548 g/mol. The maximum Gasteiger partial charge on any atom is 0.508 e. The fourth-order valence-electron chi connectivity index (χ4n) is 10.5. The highest BCUT2D eigenvalue weighted by molar-refractivity contribution is 5.86. The first-order valence-corrected chi connectivity index (χ1v) is 15.6. The molecule has 4 fully saturated rings. The van der Waals surface area contributed by atoms with E-state index in [1.54, 1.807) is 6.92 Å². The molecule has 4 aliphatic carbocycles. The second kappa shape index (κ2) is 11.7. The smallest absolute Gasteiger partial charge is 0.469 e. The summed E-state index contributed by atoms with van der Waals surface area (Å²) in [5.74, 6) is 0.959. The molecule has 12 atom stereocenters. The van der Waals surface area contributed by atoms with Crippen LogP contribution in [0, 0.1) is 58.2 Å². The number of carbonyl (C=O) groups excluding carboxylic acids is 3. The van der Waals surface area contributed by atoms with Crippen LogP contribution >= 0.6 is 0 Å². The lowest BCUT2D eigenvalue weighted by atomic mass is 9.39. The Balaban J connectivity index is 1.66. The third-order valence-electron chi connectivity index (χ3n) is 12.2. The molecule has 7 nitrogen and oxygen atoms in total. The van der Waals surface area contributed by atoms with Gasteiger partial charge in [-0.3, -0.25) is 9.59 Å². The van der Waals surface area contributed by atoms with Crippen molar-refractivity contribution in [3.63, 3.8) is 0 Å². The van der Waals surface area contributed by atoms with E-state index < -0.39 is 12.3 Å². The van der Waals surface area contributed by atoms with Gasteiger partial charge in [0, 0.05) is 24.2 Å². The summed E-state index contributed by atoms with van der Waals surface area (Å²) in [4.78, 5) is 38.5. The van der Waals surface area contributed by atoms with E-state index in [4.69, 9.17) is 14.2 Å². The van der Waals surface area contributed by atoms with Gasteiger partial charge in [0.25, 0.3) is 0 Å². The van der Waals surface area contributed by atoms with Crippen molar-refractivity contribution in [2.75, 3.05) is 13.7 Å². The van der Waals surface area contributed by atoms with Crippen LogP contribution in [0.2, 0.25) is 0 Å². The standard InChI is InChI=1S/C32H52O7/c1-8-20-24-17-19(39-30(36)38-10-3)15-16-31(24,5)27-26(28(20)34)23-13-12-22(18(4)11-14-25(33)37-7)32(23,6)21(9-2)29(27)35/h18-24,26-27,29,35H,8-17H2,1-7H3/t18-,19-,20-,21+,22-,23?,24+,26?,27?,29?,31+,32-/m1/s1. The number of ether oxygens (including phenoxy) is 3. The van der Waals surface area contributed by atoms with Gasteiger partial charge in [-0.15, -0.1) is 0 Å². The molecule has 222 valence electrons. The van der Waals surface area contributed by atoms with Gasteiger partial charge >= 0.3 is 12.1 Å². The Labute approximate surface area is 235 Å². The molecule has 4 rings (SSSR count). The molecule has 4 unspecified atom stereocenters. The van der Waals surface area contributed by atoms with Gasteiger partial charge in [-0.25, -0.2) is 4.79 Å². The summed E-state index contributed by atoms with van der Waals surface area (Å²) in [7, 11) is 1.44. The lowest BCUT2D eigenvalue weighted by Gasteiger charge is -2.65. The van der Waals surface area contributed by atoms with Gasteiger partial charge in [0.2, 0.25) is 0 Å². The van der Waals surface area contributed by atoms with Crippen LogP contribution in [0.5, 0.6) is 0 Å². The second-order valence-electron chi connectivity index (χ2n) is 13.5. The lowest BCUT2D eigenvalue weighted by Crippen LogP contribution is -2.67. The highest BCUT2D eigenvalue weighted by Gasteiger charge is 2.70.